The normalized spacial score (nSPS) is 52.1. The Morgan fingerprint density at radius 1 is 0.353 bits per heavy atom. The van der Waals surface area contributed by atoms with Gasteiger partial charge in [-0.3, -0.25) is 14.4 Å². The first-order valence-electron chi connectivity index (χ1n) is 35.3. The van der Waals surface area contributed by atoms with Crippen LogP contribution in [-0.4, -0.2) is 112 Å². The third-order valence-electron chi connectivity index (χ3n) is 30.8. The van der Waals surface area contributed by atoms with Crippen molar-refractivity contribution in [3.63, 3.8) is 0 Å². The molecule has 12 rings (SSSR count). The summed E-state index contributed by atoms with van der Waals surface area (Å²) in [6, 6.07) is 0. The van der Waals surface area contributed by atoms with Gasteiger partial charge in [-0.2, -0.15) is 0 Å². The highest BCUT2D eigenvalue weighted by atomic mass is 16.4. The van der Waals surface area contributed by atoms with Crippen LogP contribution in [0.2, 0.25) is 0 Å². The van der Waals surface area contributed by atoms with Crippen molar-refractivity contribution in [1.82, 2.24) is 0 Å². The molecule has 12 aliphatic rings. The van der Waals surface area contributed by atoms with Crippen LogP contribution in [0.5, 0.6) is 0 Å². The van der Waals surface area contributed by atoms with Crippen LogP contribution in [0, 0.1) is 139 Å². The molecule has 0 aromatic heterocycles. The Balaban J connectivity index is 0.000000142. The summed E-state index contributed by atoms with van der Waals surface area (Å²) < 4.78 is 0. The predicted octanol–water partition coefficient (Wildman–Crippen LogP) is 12.4. The molecular weight excluding hydrogens is 1070 g/mol. The SMILES string of the molecule is CC(CCC(=O)O)[C@H]1CC[C@H]2[C@@H]3[C@@H](O)C[C@@H]4C[C@H](O)CC[C@]4(C)[C@H]3CC[C@]12C.CC(CCC(=O)O)[C@H]1CC[C@H]2[C@@H]3[C@H](O)C[C@@H]4C[C@H](O)CC[C@]4(C)[C@H]3CC[C@]12C.CC(CCC(=O)O)[C@H]1CC[C@H]2[C@@H]3[C@H](O)C[C@@H]4C[C@H](O)CC[C@]4(C)[C@H]3C[C@H](O)[C@]12C. The lowest BCUT2D eigenvalue weighted by atomic mass is 9.43. The number of hydrogen-bond donors (Lipinski definition) is 10. The molecular formula is C72H120O13. The number of aliphatic carboxylic acids is 3. The molecule has 31 atom stereocenters. The van der Waals surface area contributed by atoms with Gasteiger partial charge in [-0.25, -0.2) is 0 Å². The first kappa shape index (κ1) is 66.1. The van der Waals surface area contributed by atoms with Crippen LogP contribution in [0.25, 0.3) is 0 Å². The first-order valence-corrected chi connectivity index (χ1v) is 35.3. The fourth-order valence-electron chi connectivity index (χ4n) is 26.1. The Kier molecular flexibility index (Phi) is 19.4. The van der Waals surface area contributed by atoms with Gasteiger partial charge in [0.25, 0.3) is 0 Å². The average molecular weight is 1190 g/mol. The van der Waals surface area contributed by atoms with Crippen LogP contribution in [0.4, 0.5) is 0 Å². The minimum Gasteiger partial charge on any atom is -0.481 e. The van der Waals surface area contributed by atoms with Crippen molar-refractivity contribution in [2.75, 3.05) is 0 Å². The van der Waals surface area contributed by atoms with Gasteiger partial charge in [0.05, 0.1) is 42.7 Å². The fourth-order valence-corrected chi connectivity index (χ4v) is 26.1. The number of fused-ring (bicyclic) bond motifs is 15. The van der Waals surface area contributed by atoms with E-state index in [1.54, 1.807) is 0 Å². The van der Waals surface area contributed by atoms with E-state index in [1.807, 2.05) is 0 Å². The lowest BCUT2D eigenvalue weighted by Gasteiger charge is -2.63. The molecule has 0 amide bonds. The molecule has 10 N–H and O–H groups in total. The Morgan fingerprint density at radius 3 is 1.01 bits per heavy atom. The van der Waals surface area contributed by atoms with Gasteiger partial charge in [-0.15, -0.1) is 0 Å². The van der Waals surface area contributed by atoms with Crippen LogP contribution < -0.4 is 0 Å². The van der Waals surface area contributed by atoms with E-state index < -0.39 is 24.0 Å². The Labute approximate surface area is 511 Å². The van der Waals surface area contributed by atoms with Gasteiger partial charge in [0.1, 0.15) is 0 Å². The van der Waals surface area contributed by atoms with Gasteiger partial charge < -0.3 is 51.1 Å². The van der Waals surface area contributed by atoms with E-state index in [2.05, 4.69) is 62.3 Å². The molecule has 13 nitrogen and oxygen atoms in total. The zero-order valence-electron chi connectivity index (χ0n) is 54.1. The summed E-state index contributed by atoms with van der Waals surface area (Å²) in [7, 11) is 0. The van der Waals surface area contributed by atoms with Crippen LogP contribution in [0.15, 0.2) is 0 Å². The summed E-state index contributed by atoms with van der Waals surface area (Å²) in [5.41, 5.74) is 0.902. The van der Waals surface area contributed by atoms with E-state index in [1.165, 1.54) is 51.4 Å². The molecule has 12 saturated carbocycles. The number of hydrogen-bond acceptors (Lipinski definition) is 10. The van der Waals surface area contributed by atoms with E-state index in [4.69, 9.17) is 15.3 Å². The van der Waals surface area contributed by atoms with Crippen LogP contribution in [-0.2, 0) is 14.4 Å². The highest BCUT2D eigenvalue weighted by Crippen LogP contribution is 2.72. The molecule has 486 valence electrons. The Morgan fingerprint density at radius 2 is 0.647 bits per heavy atom. The zero-order chi connectivity index (χ0) is 61.7. The second-order valence-corrected chi connectivity index (χ2v) is 34.2. The standard InChI is InChI=1S/C24H40O5.2C24H40O4/c1-13(4-7-21(28)29)16-5-6-17-22-18(12-20(27)24(16,17)3)23(2)9-8-15(25)10-14(23)11-19(22)26;2*1-14(4-7-21(27)28)17-5-6-18-22-19(9-11-24(17,18)3)23(2)10-8-16(25)12-15(23)13-20(22)26/h13-20,22,25-27H,4-12H2,1-3H3,(H,28,29);2*14-20,22,25-26H,4-13H2,1-3H3,(H,27,28)/t13?,14-,15+,16+,17-,18-,19+,20-,22-,23-,24+;14?,15-,16+,17+,18-,19-,20+,22-,23-,24+;14?,15-,16+,17+,18-,19-,20-,22-,23-,24+/m000/s1. The van der Waals surface area contributed by atoms with Crippen LogP contribution in [0.1, 0.15) is 249 Å². The lowest BCUT2D eigenvalue weighted by Crippen LogP contribution is -2.62. The quantitative estimate of drug-likeness (QED) is 0.0874. The third-order valence-corrected chi connectivity index (χ3v) is 30.8. The second kappa shape index (κ2) is 25.0. The number of rotatable bonds is 12. The molecule has 3 unspecified atom stereocenters. The highest BCUT2D eigenvalue weighted by molar-refractivity contribution is 5.67. The maximum Gasteiger partial charge on any atom is 0.303 e. The van der Waals surface area contributed by atoms with Crippen molar-refractivity contribution in [1.29, 1.82) is 0 Å². The topological polar surface area (TPSA) is 254 Å². The maximum atomic E-state index is 11.5. The van der Waals surface area contributed by atoms with E-state index in [0.717, 1.165) is 109 Å². The number of carboxylic acid groups (broad SMARTS) is 3. The summed E-state index contributed by atoms with van der Waals surface area (Å²) in [4.78, 5) is 33.2. The average Bonchev–Trinajstić information content (AvgIpc) is 1.77. The van der Waals surface area contributed by atoms with Crippen LogP contribution >= 0.6 is 0 Å². The van der Waals surface area contributed by atoms with E-state index in [9.17, 15) is 50.1 Å². The summed E-state index contributed by atoms with van der Waals surface area (Å²) >= 11 is 0. The third kappa shape index (κ3) is 11.7. The molecule has 13 heteroatoms. The van der Waals surface area contributed by atoms with Crippen molar-refractivity contribution in [2.24, 2.45) is 139 Å². The molecule has 0 heterocycles. The van der Waals surface area contributed by atoms with Gasteiger partial charge in [-0.05, 0) is 306 Å². The predicted molar refractivity (Wildman–Crippen MR) is 327 cm³/mol. The van der Waals surface area contributed by atoms with Crippen LogP contribution in [0.3, 0.4) is 0 Å². The fraction of sp³-hybridized carbons (Fsp3) is 0.958. The summed E-state index contributed by atoms with van der Waals surface area (Å²) in [5.74, 6) is 5.71. The van der Waals surface area contributed by atoms with Crippen molar-refractivity contribution >= 4 is 17.9 Å². The van der Waals surface area contributed by atoms with E-state index >= 15 is 0 Å². The summed E-state index contributed by atoms with van der Waals surface area (Å²) in [5, 5.41) is 103. The molecule has 0 saturated heterocycles. The summed E-state index contributed by atoms with van der Waals surface area (Å²) in [6.45, 7) is 21.0. The molecule has 0 bridgehead atoms. The van der Waals surface area contributed by atoms with Gasteiger partial charge in [0.2, 0.25) is 0 Å². The largest absolute Gasteiger partial charge is 0.481 e. The van der Waals surface area contributed by atoms with Gasteiger partial charge in [0, 0.05) is 19.3 Å². The zero-order valence-corrected chi connectivity index (χ0v) is 54.1. The monoisotopic (exact) mass is 1190 g/mol. The number of carbonyl (C=O) groups is 3. The molecule has 12 fully saturated rings. The lowest BCUT2D eigenvalue weighted by molar-refractivity contribution is -0.207. The minimum atomic E-state index is -0.748. The van der Waals surface area contributed by atoms with Gasteiger partial charge in [-0.1, -0.05) is 62.3 Å². The van der Waals surface area contributed by atoms with Crippen molar-refractivity contribution < 1.29 is 65.4 Å². The minimum absolute atomic E-state index is 0.0957. The number of carboxylic acids is 3. The van der Waals surface area contributed by atoms with E-state index in [-0.39, 0.29) is 100 Å². The number of aliphatic hydroxyl groups is 7. The van der Waals surface area contributed by atoms with Crippen molar-refractivity contribution in [2.45, 2.75) is 291 Å². The Hall–Kier alpha value is -1.87. The summed E-state index contributed by atoms with van der Waals surface area (Å²) in [6.07, 6.45) is 24.4. The smallest absolute Gasteiger partial charge is 0.303 e. The maximum absolute atomic E-state index is 11.5. The molecule has 0 radical (unpaired) electrons. The highest BCUT2D eigenvalue weighted by Gasteiger charge is 2.68. The molecule has 0 spiro atoms. The first-order chi connectivity index (χ1) is 39.9. The second-order valence-electron chi connectivity index (χ2n) is 34.2. The van der Waals surface area contributed by atoms with Gasteiger partial charge in [0.15, 0.2) is 0 Å². The molecule has 0 aliphatic heterocycles. The molecule has 0 aromatic rings. The molecule has 0 aromatic carbocycles. The van der Waals surface area contributed by atoms with E-state index in [0.29, 0.717) is 101 Å². The van der Waals surface area contributed by atoms with Crippen molar-refractivity contribution in [3.05, 3.63) is 0 Å². The molecule has 85 heavy (non-hydrogen) atoms. The van der Waals surface area contributed by atoms with Gasteiger partial charge >= 0.3 is 17.9 Å². The molecule has 12 aliphatic carbocycles. The van der Waals surface area contributed by atoms with Crippen molar-refractivity contribution in [3.8, 4) is 0 Å². The number of aliphatic hydroxyl groups excluding tert-OH is 7. The Bertz CT molecular complexity index is 2240.